The van der Waals surface area contributed by atoms with Crippen LogP contribution in [0.5, 0.6) is 0 Å². The van der Waals surface area contributed by atoms with E-state index in [1.54, 1.807) is 36.4 Å². The molecular weight excluding hydrogens is 296 g/mol. The molecule has 0 aromatic heterocycles. The second kappa shape index (κ2) is 7.22. The van der Waals surface area contributed by atoms with Crippen LogP contribution in [0.4, 0.5) is 16.2 Å². The van der Waals surface area contributed by atoms with E-state index in [1.165, 1.54) is 19.1 Å². The Bertz CT molecular complexity index is 697. The fourth-order valence-electron chi connectivity index (χ4n) is 2.12. The van der Waals surface area contributed by atoms with Crippen molar-refractivity contribution in [2.24, 2.45) is 0 Å². The van der Waals surface area contributed by atoms with Crippen molar-refractivity contribution in [1.82, 2.24) is 0 Å². The lowest BCUT2D eigenvalue weighted by molar-refractivity contribution is -0.142. The van der Waals surface area contributed by atoms with Gasteiger partial charge in [-0.05, 0) is 36.8 Å². The van der Waals surface area contributed by atoms with Crippen LogP contribution in [0.2, 0.25) is 0 Å². The molecule has 0 spiro atoms. The first-order valence-electron chi connectivity index (χ1n) is 6.93. The Labute approximate surface area is 133 Å². The molecule has 0 aliphatic carbocycles. The number of Topliss-reactive ketones (excluding diaryl/α,β-unsaturated/α-hetero) is 1. The van der Waals surface area contributed by atoms with Gasteiger partial charge in [0.05, 0.1) is 0 Å². The second-order valence-corrected chi connectivity index (χ2v) is 4.95. The maximum absolute atomic E-state index is 11.8. The van der Waals surface area contributed by atoms with E-state index in [0.29, 0.717) is 16.9 Å². The minimum atomic E-state index is -1.19. The molecule has 118 valence electrons. The molecule has 2 aromatic carbocycles. The molecule has 0 saturated heterocycles. The number of hydrogen-bond donors (Lipinski definition) is 3. The summed E-state index contributed by atoms with van der Waals surface area (Å²) in [6.07, 6.45) is 0. The number of ketones is 1. The highest BCUT2D eigenvalue weighted by atomic mass is 16.4. The van der Waals surface area contributed by atoms with Gasteiger partial charge < -0.3 is 15.7 Å². The normalized spacial score (nSPS) is 11.3. The molecule has 1 unspecified atom stereocenters. The number of benzene rings is 2. The van der Waals surface area contributed by atoms with Crippen LogP contribution in [0.1, 0.15) is 18.4 Å². The Balaban J connectivity index is 2.03. The van der Waals surface area contributed by atoms with Crippen molar-refractivity contribution >= 4 is 29.2 Å². The molecule has 0 heterocycles. The highest BCUT2D eigenvalue weighted by Crippen LogP contribution is 2.20. The van der Waals surface area contributed by atoms with Gasteiger partial charge in [0.1, 0.15) is 11.7 Å². The Kier molecular flexibility index (Phi) is 5.09. The number of carbonyl (C=O) groups is 3. The van der Waals surface area contributed by atoms with E-state index >= 15 is 0 Å². The van der Waals surface area contributed by atoms with Crippen LogP contribution in [0, 0.1) is 0 Å². The van der Waals surface area contributed by atoms with E-state index in [1.807, 2.05) is 6.07 Å². The summed E-state index contributed by atoms with van der Waals surface area (Å²) in [5.74, 6) is -2.83. The van der Waals surface area contributed by atoms with Crippen molar-refractivity contribution in [3.05, 3.63) is 60.2 Å². The number of hydrogen-bond acceptors (Lipinski definition) is 3. The minimum absolute atomic E-state index is 0.374. The largest absolute Gasteiger partial charge is 0.480 e. The predicted octanol–water partition coefficient (Wildman–Crippen LogP) is 3.09. The van der Waals surface area contributed by atoms with Crippen LogP contribution in [-0.2, 0) is 9.59 Å². The van der Waals surface area contributed by atoms with E-state index in [2.05, 4.69) is 10.6 Å². The highest BCUT2D eigenvalue weighted by Gasteiger charge is 2.24. The zero-order chi connectivity index (χ0) is 16.8. The molecule has 0 aliphatic heterocycles. The lowest BCUT2D eigenvalue weighted by Crippen LogP contribution is -2.20. The van der Waals surface area contributed by atoms with Crippen molar-refractivity contribution in [3.8, 4) is 0 Å². The summed E-state index contributed by atoms with van der Waals surface area (Å²) in [7, 11) is 0. The molecule has 2 aromatic rings. The van der Waals surface area contributed by atoms with Crippen LogP contribution >= 0.6 is 0 Å². The monoisotopic (exact) mass is 312 g/mol. The van der Waals surface area contributed by atoms with Crippen LogP contribution in [0.15, 0.2) is 54.6 Å². The smallest absolute Gasteiger partial charge is 0.323 e. The standard InChI is InChI=1S/C17H16N2O4/c1-11(20)15(16(21)22)12-7-9-14(10-8-12)19-17(23)18-13-5-3-2-4-6-13/h2-10,15H,1H3,(H,21,22)(H2,18,19,23). The summed E-state index contributed by atoms with van der Waals surface area (Å²) in [6.45, 7) is 1.23. The number of urea groups is 1. The van der Waals surface area contributed by atoms with Crippen molar-refractivity contribution in [2.45, 2.75) is 12.8 Å². The summed E-state index contributed by atoms with van der Waals surface area (Å²) >= 11 is 0. The number of nitrogens with one attached hydrogen (secondary N) is 2. The van der Waals surface area contributed by atoms with Gasteiger partial charge >= 0.3 is 12.0 Å². The van der Waals surface area contributed by atoms with Gasteiger partial charge in [-0.25, -0.2) is 4.79 Å². The summed E-state index contributed by atoms with van der Waals surface area (Å²) in [6, 6.07) is 14.7. The quantitative estimate of drug-likeness (QED) is 0.739. The molecule has 2 rings (SSSR count). The average molecular weight is 312 g/mol. The third kappa shape index (κ3) is 4.41. The lowest BCUT2D eigenvalue weighted by atomic mass is 9.95. The molecule has 0 saturated carbocycles. The van der Waals surface area contributed by atoms with Crippen molar-refractivity contribution < 1.29 is 19.5 Å². The van der Waals surface area contributed by atoms with Gasteiger partial charge in [0.2, 0.25) is 0 Å². The summed E-state index contributed by atoms with van der Waals surface area (Å²) in [4.78, 5) is 34.3. The summed E-state index contributed by atoms with van der Waals surface area (Å²) in [5, 5.41) is 14.4. The minimum Gasteiger partial charge on any atom is -0.480 e. The number of aliphatic carboxylic acids is 1. The first kappa shape index (κ1) is 16.2. The Morgan fingerprint density at radius 2 is 1.39 bits per heavy atom. The number of anilines is 2. The predicted molar refractivity (Wildman–Crippen MR) is 86.6 cm³/mol. The molecule has 6 nitrogen and oxygen atoms in total. The third-order valence-corrected chi connectivity index (χ3v) is 3.19. The number of carboxylic acid groups (broad SMARTS) is 1. The molecule has 0 fully saturated rings. The van der Waals surface area contributed by atoms with Gasteiger partial charge in [0, 0.05) is 11.4 Å². The van der Waals surface area contributed by atoms with Crippen LogP contribution < -0.4 is 10.6 Å². The molecular formula is C17H16N2O4. The summed E-state index contributed by atoms with van der Waals surface area (Å²) in [5.41, 5.74) is 1.53. The van der Waals surface area contributed by atoms with Gasteiger partial charge in [-0.2, -0.15) is 0 Å². The fourth-order valence-corrected chi connectivity index (χ4v) is 2.12. The summed E-state index contributed by atoms with van der Waals surface area (Å²) < 4.78 is 0. The molecule has 23 heavy (non-hydrogen) atoms. The maximum Gasteiger partial charge on any atom is 0.323 e. The maximum atomic E-state index is 11.8. The van der Waals surface area contributed by atoms with Crippen molar-refractivity contribution in [1.29, 1.82) is 0 Å². The van der Waals surface area contributed by atoms with E-state index in [4.69, 9.17) is 5.11 Å². The van der Waals surface area contributed by atoms with Crippen LogP contribution in [-0.4, -0.2) is 22.9 Å². The lowest BCUT2D eigenvalue weighted by Gasteiger charge is -2.11. The topological polar surface area (TPSA) is 95.5 Å². The Hall–Kier alpha value is -3.15. The third-order valence-electron chi connectivity index (χ3n) is 3.19. The zero-order valence-electron chi connectivity index (χ0n) is 12.4. The fraction of sp³-hybridized carbons (Fsp3) is 0.118. The first-order chi connectivity index (χ1) is 11.0. The first-order valence-corrected chi connectivity index (χ1v) is 6.93. The molecule has 0 aliphatic rings. The van der Waals surface area contributed by atoms with E-state index in [0.717, 1.165) is 0 Å². The molecule has 2 amide bonds. The Morgan fingerprint density at radius 3 is 1.87 bits per heavy atom. The SMILES string of the molecule is CC(=O)C(C(=O)O)c1ccc(NC(=O)Nc2ccccc2)cc1. The molecule has 0 radical (unpaired) electrons. The molecule has 0 bridgehead atoms. The average Bonchev–Trinajstić information content (AvgIpc) is 2.49. The molecule has 6 heteroatoms. The van der Waals surface area contributed by atoms with Crippen LogP contribution in [0.25, 0.3) is 0 Å². The molecule has 3 N–H and O–H groups in total. The number of carboxylic acids is 1. The van der Waals surface area contributed by atoms with Gasteiger partial charge in [-0.1, -0.05) is 30.3 Å². The van der Waals surface area contributed by atoms with Gasteiger partial charge in [-0.3, -0.25) is 9.59 Å². The van der Waals surface area contributed by atoms with Crippen molar-refractivity contribution in [3.63, 3.8) is 0 Å². The Morgan fingerprint density at radius 1 is 0.870 bits per heavy atom. The number of rotatable bonds is 5. The second-order valence-electron chi connectivity index (χ2n) is 4.95. The number of amides is 2. The zero-order valence-corrected chi connectivity index (χ0v) is 12.4. The van der Waals surface area contributed by atoms with E-state index in [9.17, 15) is 14.4 Å². The van der Waals surface area contributed by atoms with Gasteiger partial charge in [0.15, 0.2) is 0 Å². The van der Waals surface area contributed by atoms with E-state index in [-0.39, 0.29) is 0 Å². The van der Waals surface area contributed by atoms with Gasteiger partial charge in [-0.15, -0.1) is 0 Å². The van der Waals surface area contributed by atoms with Gasteiger partial charge in [0.25, 0.3) is 0 Å². The number of para-hydroxylation sites is 1. The highest BCUT2D eigenvalue weighted by molar-refractivity contribution is 6.03. The number of carbonyl (C=O) groups excluding carboxylic acids is 2. The van der Waals surface area contributed by atoms with Crippen LogP contribution in [0.3, 0.4) is 0 Å². The van der Waals surface area contributed by atoms with Crippen molar-refractivity contribution in [2.75, 3.05) is 10.6 Å². The molecule has 1 atom stereocenters. The van der Waals surface area contributed by atoms with E-state index < -0.39 is 23.7 Å².